The molecule has 3 aromatic rings. The Balaban J connectivity index is 1.57. The number of aromatic hydroxyl groups is 2. The van der Waals surface area contributed by atoms with Crippen LogP contribution in [0, 0.1) is 6.92 Å². The number of hydrogen-bond acceptors (Lipinski definition) is 6. The number of nitrogens with one attached hydrogen (secondary N) is 1. The molecule has 31 heavy (non-hydrogen) atoms. The largest absolute Gasteiger partial charge is 0.504 e. The van der Waals surface area contributed by atoms with Gasteiger partial charge in [0.05, 0.1) is 13.3 Å². The van der Waals surface area contributed by atoms with Crippen molar-refractivity contribution in [2.75, 3.05) is 7.11 Å². The first-order chi connectivity index (χ1) is 14.9. The minimum atomic E-state index is -0.396. The fourth-order valence-electron chi connectivity index (χ4n) is 2.70. The van der Waals surface area contributed by atoms with Crippen LogP contribution in [0.25, 0.3) is 0 Å². The Morgan fingerprint density at radius 2 is 1.87 bits per heavy atom. The van der Waals surface area contributed by atoms with E-state index in [4.69, 9.17) is 21.1 Å². The number of hydrogen-bond donors (Lipinski definition) is 3. The Bertz CT molecular complexity index is 1110. The second kappa shape index (κ2) is 9.86. The van der Waals surface area contributed by atoms with Crippen molar-refractivity contribution in [3.63, 3.8) is 0 Å². The Hall–Kier alpha value is -3.71. The van der Waals surface area contributed by atoms with E-state index in [0.717, 1.165) is 16.9 Å². The molecule has 0 unspecified atom stereocenters. The van der Waals surface area contributed by atoms with Crippen molar-refractivity contribution in [1.82, 2.24) is 5.43 Å². The van der Waals surface area contributed by atoms with Crippen molar-refractivity contribution < 1.29 is 24.5 Å². The maximum atomic E-state index is 12.3. The lowest BCUT2D eigenvalue weighted by Gasteiger charge is -2.08. The molecule has 1 amide bonds. The van der Waals surface area contributed by atoms with Crippen LogP contribution >= 0.6 is 11.6 Å². The topological polar surface area (TPSA) is 100 Å². The van der Waals surface area contributed by atoms with Gasteiger partial charge < -0.3 is 19.7 Å². The summed E-state index contributed by atoms with van der Waals surface area (Å²) in [4.78, 5) is 12.3. The van der Waals surface area contributed by atoms with Crippen LogP contribution in [0.5, 0.6) is 23.0 Å². The molecule has 0 aliphatic heterocycles. The number of ether oxygens (including phenoxy) is 2. The predicted molar refractivity (Wildman–Crippen MR) is 118 cm³/mol. The van der Waals surface area contributed by atoms with Crippen molar-refractivity contribution in [2.45, 2.75) is 13.5 Å². The van der Waals surface area contributed by atoms with Gasteiger partial charge in [-0.05, 0) is 60.5 Å². The van der Waals surface area contributed by atoms with Crippen LogP contribution in [0.2, 0.25) is 5.02 Å². The molecule has 160 valence electrons. The summed E-state index contributed by atoms with van der Waals surface area (Å²) in [7, 11) is 1.36. The van der Waals surface area contributed by atoms with E-state index in [2.05, 4.69) is 10.5 Å². The number of phenolic OH excluding ortho intramolecular Hbond substituents is 2. The highest BCUT2D eigenvalue weighted by Crippen LogP contribution is 2.35. The molecule has 0 bridgehead atoms. The van der Waals surface area contributed by atoms with Gasteiger partial charge in [-0.15, -0.1) is 0 Å². The lowest BCUT2D eigenvalue weighted by Crippen LogP contribution is -2.17. The highest BCUT2D eigenvalue weighted by molar-refractivity contribution is 6.31. The molecule has 0 atom stereocenters. The number of methoxy groups -OCH3 is 1. The molecule has 0 radical (unpaired) electrons. The normalized spacial score (nSPS) is 10.8. The Morgan fingerprint density at radius 3 is 2.55 bits per heavy atom. The van der Waals surface area contributed by atoms with Gasteiger partial charge in [-0.25, -0.2) is 5.43 Å². The summed E-state index contributed by atoms with van der Waals surface area (Å²) in [5.74, 6) is -0.293. The lowest BCUT2D eigenvalue weighted by atomic mass is 10.1. The predicted octanol–water partition coefficient (Wildman–Crippen LogP) is 4.41. The molecule has 8 heteroatoms. The third-order valence-electron chi connectivity index (χ3n) is 4.43. The molecule has 7 nitrogen and oxygen atoms in total. The molecule has 0 aromatic heterocycles. The maximum absolute atomic E-state index is 12.3. The first-order valence-electron chi connectivity index (χ1n) is 9.28. The van der Waals surface area contributed by atoms with Crippen LogP contribution in [0.1, 0.15) is 27.0 Å². The standard InChI is InChI=1S/C23H21ClN2O5/c1-14-9-18(7-8-19(14)24)31-13-15-3-5-17(6-4-15)23(29)26-25-12-16-10-20(27)22(28)21(11-16)30-2/h3-12,27-28H,13H2,1-2H3,(H,26,29)/b25-12+. The number of carbonyl (C=O) groups is 1. The van der Waals surface area contributed by atoms with E-state index < -0.39 is 5.91 Å². The SMILES string of the molecule is COc1cc(/C=N/NC(=O)c2ccc(COc3ccc(Cl)c(C)c3)cc2)cc(O)c1O. The molecule has 0 fully saturated rings. The number of rotatable bonds is 7. The van der Waals surface area contributed by atoms with Gasteiger partial charge in [-0.3, -0.25) is 4.79 Å². The van der Waals surface area contributed by atoms with Gasteiger partial charge in [0.1, 0.15) is 12.4 Å². The van der Waals surface area contributed by atoms with Crippen molar-refractivity contribution in [3.8, 4) is 23.0 Å². The van der Waals surface area contributed by atoms with Crippen LogP contribution in [0.15, 0.2) is 59.7 Å². The number of halogens is 1. The quantitative estimate of drug-likeness (QED) is 0.287. The van der Waals surface area contributed by atoms with Crippen molar-refractivity contribution >= 4 is 23.7 Å². The number of hydrazone groups is 1. The summed E-state index contributed by atoms with van der Waals surface area (Å²) in [6, 6.07) is 15.2. The molecular weight excluding hydrogens is 420 g/mol. The Labute approximate surface area is 184 Å². The van der Waals surface area contributed by atoms with Crippen molar-refractivity contribution in [2.24, 2.45) is 5.10 Å². The molecule has 0 heterocycles. The third kappa shape index (κ3) is 5.67. The molecule has 0 saturated heterocycles. The zero-order chi connectivity index (χ0) is 22.4. The summed E-state index contributed by atoms with van der Waals surface area (Å²) < 4.78 is 10.7. The summed E-state index contributed by atoms with van der Waals surface area (Å²) >= 11 is 6.01. The van der Waals surface area contributed by atoms with Gasteiger partial charge in [0.25, 0.3) is 5.91 Å². The monoisotopic (exact) mass is 440 g/mol. The van der Waals surface area contributed by atoms with E-state index in [1.807, 2.05) is 13.0 Å². The van der Waals surface area contributed by atoms with Gasteiger partial charge in [0.2, 0.25) is 5.75 Å². The van der Waals surface area contributed by atoms with Gasteiger partial charge in [0.15, 0.2) is 11.5 Å². The average Bonchev–Trinajstić information content (AvgIpc) is 2.77. The number of carbonyl (C=O) groups excluding carboxylic acids is 1. The van der Waals surface area contributed by atoms with Crippen LogP contribution in [0.4, 0.5) is 0 Å². The fraction of sp³-hybridized carbons (Fsp3) is 0.130. The smallest absolute Gasteiger partial charge is 0.271 e. The fourth-order valence-corrected chi connectivity index (χ4v) is 2.82. The number of phenols is 2. The van der Waals surface area contributed by atoms with Crippen LogP contribution < -0.4 is 14.9 Å². The Morgan fingerprint density at radius 1 is 1.13 bits per heavy atom. The van der Waals surface area contributed by atoms with Crippen LogP contribution in [-0.2, 0) is 6.61 Å². The highest BCUT2D eigenvalue weighted by atomic mass is 35.5. The highest BCUT2D eigenvalue weighted by Gasteiger charge is 2.09. The molecular formula is C23H21ClN2O5. The lowest BCUT2D eigenvalue weighted by molar-refractivity contribution is 0.0955. The molecule has 3 rings (SSSR count). The van der Waals surface area contributed by atoms with Crippen LogP contribution in [0.3, 0.4) is 0 Å². The van der Waals surface area contributed by atoms with Gasteiger partial charge in [-0.1, -0.05) is 23.7 Å². The van der Waals surface area contributed by atoms with Crippen molar-refractivity contribution in [1.29, 1.82) is 0 Å². The minimum Gasteiger partial charge on any atom is -0.504 e. The van der Waals surface area contributed by atoms with E-state index in [1.165, 1.54) is 25.5 Å². The first kappa shape index (κ1) is 22.0. The minimum absolute atomic E-state index is 0.0966. The second-order valence-electron chi connectivity index (χ2n) is 6.69. The number of nitrogens with zero attached hydrogens (tertiary/aromatic N) is 1. The molecule has 3 N–H and O–H groups in total. The molecule has 0 aliphatic rings. The van der Waals surface area contributed by atoms with Crippen molar-refractivity contribution in [3.05, 3.63) is 81.9 Å². The molecule has 0 aliphatic carbocycles. The third-order valence-corrected chi connectivity index (χ3v) is 4.85. The number of amides is 1. The van der Waals surface area contributed by atoms with Crippen LogP contribution in [-0.4, -0.2) is 29.4 Å². The van der Waals surface area contributed by atoms with Gasteiger partial charge >= 0.3 is 0 Å². The zero-order valence-electron chi connectivity index (χ0n) is 16.9. The zero-order valence-corrected chi connectivity index (χ0v) is 17.7. The average molecular weight is 441 g/mol. The summed E-state index contributed by atoms with van der Waals surface area (Å²) in [5, 5.41) is 23.9. The summed E-state index contributed by atoms with van der Waals surface area (Å²) in [6.45, 7) is 2.26. The molecule has 0 spiro atoms. The van der Waals surface area contributed by atoms with Gasteiger partial charge in [0, 0.05) is 16.1 Å². The van der Waals surface area contributed by atoms with E-state index in [-0.39, 0.29) is 17.2 Å². The maximum Gasteiger partial charge on any atom is 0.271 e. The first-order valence-corrected chi connectivity index (χ1v) is 9.66. The summed E-state index contributed by atoms with van der Waals surface area (Å²) in [5.41, 5.74) is 5.12. The number of benzene rings is 3. The molecule has 3 aromatic carbocycles. The molecule has 0 saturated carbocycles. The second-order valence-corrected chi connectivity index (χ2v) is 7.09. The van der Waals surface area contributed by atoms with E-state index in [9.17, 15) is 15.0 Å². The van der Waals surface area contributed by atoms with Gasteiger partial charge in [-0.2, -0.15) is 5.10 Å². The number of aryl methyl sites for hydroxylation is 1. The van der Waals surface area contributed by atoms with E-state index >= 15 is 0 Å². The van der Waals surface area contributed by atoms with E-state index in [1.54, 1.807) is 36.4 Å². The van der Waals surface area contributed by atoms with E-state index in [0.29, 0.717) is 22.8 Å². The Kier molecular flexibility index (Phi) is 6.99. The summed E-state index contributed by atoms with van der Waals surface area (Å²) in [6.07, 6.45) is 1.33.